The van der Waals surface area contributed by atoms with Crippen molar-refractivity contribution >= 4 is 16.8 Å². The van der Waals surface area contributed by atoms with Crippen molar-refractivity contribution in [1.82, 2.24) is 25.1 Å². The molecule has 0 bridgehead atoms. The van der Waals surface area contributed by atoms with Gasteiger partial charge in [0.2, 0.25) is 5.91 Å². The minimum atomic E-state index is 0.0537. The molecule has 4 rings (SSSR count). The number of para-hydroxylation sites is 1. The number of amides is 1. The predicted octanol–water partition coefficient (Wildman–Crippen LogP) is 3.04. The van der Waals surface area contributed by atoms with Gasteiger partial charge in [-0.15, -0.1) is 10.2 Å². The molecule has 0 aliphatic carbocycles. The van der Waals surface area contributed by atoms with E-state index < -0.39 is 0 Å². The molecule has 2 N–H and O–H groups in total. The van der Waals surface area contributed by atoms with Crippen molar-refractivity contribution in [1.29, 1.82) is 0 Å². The van der Waals surface area contributed by atoms with E-state index in [0.717, 1.165) is 43.0 Å². The van der Waals surface area contributed by atoms with Crippen LogP contribution in [0.3, 0.4) is 0 Å². The molecule has 0 saturated heterocycles. The summed E-state index contributed by atoms with van der Waals surface area (Å²) >= 11 is 0. The van der Waals surface area contributed by atoms with Gasteiger partial charge in [0, 0.05) is 36.5 Å². The number of nitrogens with zero attached hydrogens (tertiary/aromatic N) is 3. The number of rotatable bonds is 5. The summed E-state index contributed by atoms with van der Waals surface area (Å²) in [5.41, 5.74) is 3.58. The first-order chi connectivity index (χ1) is 12.7. The highest BCUT2D eigenvalue weighted by Crippen LogP contribution is 2.22. The first kappa shape index (κ1) is 16.8. The number of fused-ring (bicyclic) bond motifs is 2. The molecule has 3 aromatic rings. The van der Waals surface area contributed by atoms with Crippen LogP contribution in [0.1, 0.15) is 48.5 Å². The second-order valence-corrected chi connectivity index (χ2v) is 7.08. The predicted molar refractivity (Wildman–Crippen MR) is 101 cm³/mol. The van der Waals surface area contributed by atoms with Gasteiger partial charge in [-0.05, 0) is 37.3 Å². The number of hydrogen-bond donors (Lipinski definition) is 2. The molecule has 0 saturated carbocycles. The third kappa shape index (κ3) is 3.36. The zero-order valence-corrected chi connectivity index (χ0v) is 15.2. The molecule has 0 spiro atoms. The van der Waals surface area contributed by atoms with Crippen LogP contribution in [0.5, 0.6) is 0 Å². The second kappa shape index (κ2) is 7.32. The van der Waals surface area contributed by atoms with Gasteiger partial charge in [0.15, 0.2) is 5.82 Å². The Bertz CT molecular complexity index is 924. The molecule has 0 radical (unpaired) electrons. The number of aromatic nitrogens is 4. The number of aromatic amines is 1. The highest BCUT2D eigenvalue weighted by Gasteiger charge is 2.15. The minimum absolute atomic E-state index is 0.0537. The number of nitrogens with one attached hydrogen (secondary N) is 2. The Labute approximate surface area is 153 Å². The van der Waals surface area contributed by atoms with Gasteiger partial charge in [-0.25, -0.2) is 0 Å². The van der Waals surface area contributed by atoms with Crippen molar-refractivity contribution in [3.05, 3.63) is 47.2 Å². The molecule has 1 aliphatic heterocycles. The van der Waals surface area contributed by atoms with Crippen LogP contribution < -0.4 is 5.32 Å². The van der Waals surface area contributed by atoms with Crippen LogP contribution in [0.4, 0.5) is 0 Å². The number of carbonyl (C=O) groups is 1. The van der Waals surface area contributed by atoms with E-state index in [4.69, 9.17) is 0 Å². The van der Waals surface area contributed by atoms with E-state index in [-0.39, 0.29) is 5.91 Å². The van der Waals surface area contributed by atoms with Crippen LogP contribution in [-0.2, 0) is 30.7 Å². The summed E-state index contributed by atoms with van der Waals surface area (Å²) < 4.78 is 2.18. The van der Waals surface area contributed by atoms with Crippen LogP contribution in [-0.4, -0.2) is 25.7 Å². The van der Waals surface area contributed by atoms with E-state index in [0.29, 0.717) is 13.0 Å². The first-order valence-corrected chi connectivity index (χ1v) is 9.45. The van der Waals surface area contributed by atoms with Crippen LogP contribution >= 0.6 is 0 Å². The Kier molecular flexibility index (Phi) is 4.73. The summed E-state index contributed by atoms with van der Waals surface area (Å²) in [5, 5.41) is 12.8. The van der Waals surface area contributed by atoms with E-state index in [2.05, 4.69) is 50.2 Å². The Morgan fingerprint density at radius 1 is 1.27 bits per heavy atom. The van der Waals surface area contributed by atoms with Gasteiger partial charge >= 0.3 is 0 Å². The lowest BCUT2D eigenvalue weighted by atomic mass is 10.1. The molecule has 1 aromatic carbocycles. The lowest BCUT2D eigenvalue weighted by molar-refractivity contribution is -0.121. The Morgan fingerprint density at radius 3 is 3.12 bits per heavy atom. The normalized spacial score (nSPS) is 14.2. The fourth-order valence-electron chi connectivity index (χ4n) is 3.76. The third-order valence-electron chi connectivity index (χ3n) is 5.26. The van der Waals surface area contributed by atoms with Gasteiger partial charge in [0.05, 0.1) is 6.54 Å². The van der Waals surface area contributed by atoms with E-state index in [1.165, 1.54) is 29.4 Å². The number of benzene rings is 1. The topological polar surface area (TPSA) is 75.6 Å². The summed E-state index contributed by atoms with van der Waals surface area (Å²) in [4.78, 5) is 15.6. The van der Waals surface area contributed by atoms with Crippen molar-refractivity contribution in [2.45, 2.75) is 58.5 Å². The van der Waals surface area contributed by atoms with Gasteiger partial charge in [-0.3, -0.25) is 4.79 Å². The van der Waals surface area contributed by atoms with Crippen molar-refractivity contribution in [2.75, 3.05) is 0 Å². The van der Waals surface area contributed by atoms with Crippen molar-refractivity contribution in [3.63, 3.8) is 0 Å². The molecular formula is C20H25N5O. The molecule has 2 aromatic heterocycles. The van der Waals surface area contributed by atoms with Gasteiger partial charge < -0.3 is 14.9 Å². The summed E-state index contributed by atoms with van der Waals surface area (Å²) in [6.07, 6.45) is 7.78. The molecule has 0 atom stereocenters. The number of H-pyrrole nitrogens is 1. The maximum atomic E-state index is 12.3. The molecule has 0 unspecified atom stereocenters. The molecule has 136 valence electrons. The fraction of sp³-hybridized carbons (Fsp3) is 0.450. The van der Waals surface area contributed by atoms with E-state index in [1.54, 1.807) is 0 Å². The molecule has 6 nitrogen and oxygen atoms in total. The third-order valence-corrected chi connectivity index (χ3v) is 5.26. The summed E-state index contributed by atoms with van der Waals surface area (Å²) in [7, 11) is 0. The standard InChI is InChI=1S/C20H25N5O/c1-14-6-5-7-16-15(12-22-20(14)16)9-10-19(26)21-13-18-24-23-17-8-3-2-4-11-25(17)18/h5-7,12,22H,2-4,8-11,13H2,1H3,(H,21,26). The number of carbonyl (C=O) groups excluding carboxylic acids is 1. The zero-order chi connectivity index (χ0) is 17.9. The summed E-state index contributed by atoms with van der Waals surface area (Å²) in [6.45, 7) is 3.51. The van der Waals surface area contributed by atoms with Crippen LogP contribution in [0.25, 0.3) is 10.9 Å². The van der Waals surface area contributed by atoms with E-state index in [9.17, 15) is 4.79 Å². The molecule has 1 aliphatic rings. The van der Waals surface area contributed by atoms with E-state index in [1.807, 2.05) is 6.20 Å². The molecule has 1 amide bonds. The molecule has 6 heteroatoms. The Morgan fingerprint density at radius 2 is 2.19 bits per heavy atom. The van der Waals surface area contributed by atoms with Gasteiger partial charge in [-0.1, -0.05) is 24.6 Å². The molecule has 26 heavy (non-hydrogen) atoms. The van der Waals surface area contributed by atoms with Crippen molar-refractivity contribution in [2.24, 2.45) is 0 Å². The van der Waals surface area contributed by atoms with Crippen LogP contribution in [0.2, 0.25) is 0 Å². The maximum absolute atomic E-state index is 12.3. The lowest BCUT2D eigenvalue weighted by Gasteiger charge is -2.08. The van der Waals surface area contributed by atoms with Crippen LogP contribution in [0.15, 0.2) is 24.4 Å². The first-order valence-electron chi connectivity index (χ1n) is 9.45. The lowest BCUT2D eigenvalue weighted by Crippen LogP contribution is -2.25. The van der Waals surface area contributed by atoms with Crippen molar-refractivity contribution in [3.8, 4) is 0 Å². The highest BCUT2D eigenvalue weighted by molar-refractivity contribution is 5.86. The number of hydrogen-bond acceptors (Lipinski definition) is 3. The zero-order valence-electron chi connectivity index (χ0n) is 15.2. The average Bonchev–Trinajstić information content (AvgIpc) is 3.16. The Balaban J connectivity index is 1.34. The number of aryl methyl sites for hydroxylation is 3. The SMILES string of the molecule is Cc1cccc2c(CCC(=O)NCc3nnc4n3CCCCC4)c[nH]c12. The monoisotopic (exact) mass is 351 g/mol. The largest absolute Gasteiger partial charge is 0.361 e. The van der Waals surface area contributed by atoms with E-state index >= 15 is 0 Å². The van der Waals surface area contributed by atoms with Gasteiger partial charge in [0.25, 0.3) is 0 Å². The average molecular weight is 351 g/mol. The Hall–Kier alpha value is -2.63. The second-order valence-electron chi connectivity index (χ2n) is 7.08. The van der Waals surface area contributed by atoms with Gasteiger partial charge in [-0.2, -0.15) is 0 Å². The molecular weight excluding hydrogens is 326 g/mol. The van der Waals surface area contributed by atoms with Crippen LogP contribution in [0, 0.1) is 6.92 Å². The summed E-state index contributed by atoms with van der Waals surface area (Å²) in [6, 6.07) is 6.26. The quantitative estimate of drug-likeness (QED) is 0.742. The maximum Gasteiger partial charge on any atom is 0.220 e. The molecule has 3 heterocycles. The van der Waals surface area contributed by atoms with Crippen molar-refractivity contribution < 1.29 is 4.79 Å². The summed E-state index contributed by atoms with van der Waals surface area (Å²) in [5.74, 6) is 1.98. The smallest absolute Gasteiger partial charge is 0.220 e. The fourth-order valence-corrected chi connectivity index (χ4v) is 3.76. The highest BCUT2D eigenvalue weighted by atomic mass is 16.1. The van der Waals surface area contributed by atoms with Gasteiger partial charge in [0.1, 0.15) is 5.82 Å². The molecule has 0 fully saturated rings. The minimum Gasteiger partial charge on any atom is -0.361 e.